The van der Waals surface area contributed by atoms with Gasteiger partial charge in [0.05, 0.1) is 0 Å². The molecule has 0 bridgehead atoms. The van der Waals surface area contributed by atoms with E-state index in [0.717, 1.165) is 5.92 Å². The van der Waals surface area contributed by atoms with Gasteiger partial charge in [0.2, 0.25) is 0 Å². The summed E-state index contributed by atoms with van der Waals surface area (Å²) in [5.74, 6) is 0.926. The van der Waals surface area contributed by atoms with Gasteiger partial charge in [-0.05, 0) is 24.9 Å². The van der Waals surface area contributed by atoms with Crippen molar-refractivity contribution in [1.29, 1.82) is 0 Å². The summed E-state index contributed by atoms with van der Waals surface area (Å²) in [4.78, 5) is 0. The van der Waals surface area contributed by atoms with Crippen LogP contribution in [-0.2, 0) is 0 Å². The highest BCUT2D eigenvalue weighted by Gasteiger charge is 2.17. The van der Waals surface area contributed by atoms with Gasteiger partial charge in [0.15, 0.2) is 0 Å². The van der Waals surface area contributed by atoms with E-state index >= 15 is 0 Å². The minimum atomic E-state index is 0.541. The van der Waals surface area contributed by atoms with Crippen molar-refractivity contribution < 1.29 is 0 Å². The molecule has 1 fully saturated rings. The third kappa shape index (κ3) is 3.85. The summed E-state index contributed by atoms with van der Waals surface area (Å²) in [6, 6.07) is 11.4. The van der Waals surface area contributed by atoms with Gasteiger partial charge in [-0.15, -0.1) is 0 Å². The van der Waals surface area contributed by atoms with Crippen LogP contribution >= 0.6 is 0 Å². The molecule has 1 aliphatic carbocycles. The molecule has 1 unspecified atom stereocenters. The molecule has 1 heteroatoms. The van der Waals surface area contributed by atoms with Crippen LogP contribution in [0.3, 0.4) is 0 Å². The second-order valence-corrected chi connectivity index (χ2v) is 5.35. The van der Waals surface area contributed by atoms with Crippen LogP contribution in [0.25, 0.3) is 0 Å². The molecule has 0 spiro atoms. The first kappa shape index (κ1) is 12.6. The zero-order valence-corrected chi connectivity index (χ0v) is 11.0. The summed E-state index contributed by atoms with van der Waals surface area (Å²) in [6.45, 7) is 0. The van der Waals surface area contributed by atoms with E-state index in [4.69, 9.17) is 0 Å². The van der Waals surface area contributed by atoms with Crippen molar-refractivity contribution in [2.24, 2.45) is 5.92 Å². The molecule has 1 aromatic rings. The Balaban J connectivity index is 1.94. The van der Waals surface area contributed by atoms with Crippen molar-refractivity contribution >= 4 is 0 Å². The Morgan fingerprint density at radius 3 is 2.29 bits per heavy atom. The summed E-state index contributed by atoms with van der Waals surface area (Å²) < 4.78 is 0. The molecule has 1 N–H and O–H groups in total. The second kappa shape index (κ2) is 6.80. The number of rotatable bonds is 4. The quantitative estimate of drug-likeness (QED) is 0.761. The largest absolute Gasteiger partial charge is 0.313 e. The zero-order valence-electron chi connectivity index (χ0n) is 11.0. The summed E-state index contributed by atoms with van der Waals surface area (Å²) in [7, 11) is 2.09. The maximum atomic E-state index is 3.49. The van der Waals surface area contributed by atoms with Crippen molar-refractivity contribution in [3.8, 4) is 0 Å². The molecule has 1 aliphatic rings. The van der Waals surface area contributed by atoms with E-state index in [1.165, 1.54) is 50.5 Å². The Labute approximate surface area is 106 Å². The van der Waals surface area contributed by atoms with Crippen LogP contribution in [0.5, 0.6) is 0 Å². The Kier molecular flexibility index (Phi) is 5.06. The maximum Gasteiger partial charge on any atom is 0.0320 e. The Bertz CT molecular complexity index is 299. The summed E-state index contributed by atoms with van der Waals surface area (Å²) in [6.07, 6.45) is 9.96. The van der Waals surface area contributed by atoms with Gasteiger partial charge in [0, 0.05) is 6.04 Å². The predicted molar refractivity (Wildman–Crippen MR) is 74.1 cm³/mol. The van der Waals surface area contributed by atoms with Crippen molar-refractivity contribution in [3.05, 3.63) is 35.9 Å². The lowest BCUT2D eigenvalue weighted by atomic mass is 9.89. The molecule has 0 aliphatic heterocycles. The fourth-order valence-corrected chi connectivity index (χ4v) is 3.04. The highest BCUT2D eigenvalue weighted by molar-refractivity contribution is 5.18. The van der Waals surface area contributed by atoms with Crippen molar-refractivity contribution in [2.75, 3.05) is 7.05 Å². The topological polar surface area (TPSA) is 12.0 Å². The SMILES string of the molecule is CNC(CC1CCCCCC1)c1ccccc1. The number of benzene rings is 1. The average Bonchev–Trinajstić information content (AvgIpc) is 2.65. The van der Waals surface area contributed by atoms with Gasteiger partial charge in [-0.2, -0.15) is 0 Å². The lowest BCUT2D eigenvalue weighted by Gasteiger charge is -2.22. The Morgan fingerprint density at radius 1 is 1.06 bits per heavy atom. The Morgan fingerprint density at radius 2 is 1.71 bits per heavy atom. The van der Waals surface area contributed by atoms with E-state index < -0.39 is 0 Å². The van der Waals surface area contributed by atoms with E-state index in [9.17, 15) is 0 Å². The van der Waals surface area contributed by atoms with Crippen molar-refractivity contribution in [2.45, 2.75) is 51.0 Å². The molecule has 17 heavy (non-hydrogen) atoms. The van der Waals surface area contributed by atoms with Gasteiger partial charge in [0.1, 0.15) is 0 Å². The molecule has 1 nitrogen and oxygen atoms in total. The van der Waals surface area contributed by atoms with Crippen molar-refractivity contribution in [1.82, 2.24) is 5.32 Å². The summed E-state index contributed by atoms with van der Waals surface area (Å²) >= 11 is 0. The fraction of sp³-hybridized carbons (Fsp3) is 0.625. The van der Waals surface area contributed by atoms with Crippen molar-refractivity contribution in [3.63, 3.8) is 0 Å². The standard InChI is InChI=1S/C16H25N/c1-17-16(15-11-7-4-8-12-15)13-14-9-5-2-3-6-10-14/h4,7-8,11-12,14,16-17H,2-3,5-6,9-10,13H2,1H3. The third-order valence-corrected chi connectivity index (χ3v) is 4.09. The lowest BCUT2D eigenvalue weighted by molar-refractivity contribution is 0.368. The zero-order chi connectivity index (χ0) is 11.9. The first-order valence-corrected chi connectivity index (χ1v) is 7.12. The Hall–Kier alpha value is -0.820. The minimum Gasteiger partial charge on any atom is -0.313 e. The van der Waals surface area contributed by atoms with Gasteiger partial charge < -0.3 is 5.32 Å². The molecule has 0 amide bonds. The minimum absolute atomic E-state index is 0.541. The lowest BCUT2D eigenvalue weighted by Crippen LogP contribution is -2.19. The number of hydrogen-bond acceptors (Lipinski definition) is 1. The molecule has 2 rings (SSSR count). The van der Waals surface area contributed by atoms with Crippen LogP contribution < -0.4 is 5.32 Å². The highest BCUT2D eigenvalue weighted by atomic mass is 14.9. The average molecular weight is 231 g/mol. The van der Waals surface area contributed by atoms with Crippen LogP contribution in [0.15, 0.2) is 30.3 Å². The van der Waals surface area contributed by atoms with E-state index in [-0.39, 0.29) is 0 Å². The predicted octanol–water partition coefficient (Wildman–Crippen LogP) is 4.31. The molecule has 1 aromatic carbocycles. The van der Waals surface area contributed by atoms with Crippen LogP contribution in [0.2, 0.25) is 0 Å². The van der Waals surface area contributed by atoms with E-state index in [0.29, 0.717) is 6.04 Å². The smallest absolute Gasteiger partial charge is 0.0320 e. The third-order valence-electron chi connectivity index (χ3n) is 4.09. The molecule has 0 aromatic heterocycles. The monoisotopic (exact) mass is 231 g/mol. The van der Waals surface area contributed by atoms with E-state index in [1.54, 1.807) is 0 Å². The molecule has 0 radical (unpaired) electrons. The van der Waals surface area contributed by atoms with Crippen LogP contribution in [0.4, 0.5) is 0 Å². The van der Waals surface area contributed by atoms with E-state index in [1.807, 2.05) is 0 Å². The first-order valence-electron chi connectivity index (χ1n) is 7.12. The molecular weight excluding hydrogens is 206 g/mol. The normalized spacial score (nSPS) is 19.8. The highest BCUT2D eigenvalue weighted by Crippen LogP contribution is 2.30. The number of hydrogen-bond donors (Lipinski definition) is 1. The van der Waals surface area contributed by atoms with E-state index in [2.05, 4.69) is 42.7 Å². The molecule has 0 saturated heterocycles. The van der Waals surface area contributed by atoms with Gasteiger partial charge in [-0.25, -0.2) is 0 Å². The van der Waals surface area contributed by atoms with Gasteiger partial charge in [-0.3, -0.25) is 0 Å². The first-order chi connectivity index (χ1) is 8.40. The van der Waals surface area contributed by atoms with Gasteiger partial charge in [0.25, 0.3) is 0 Å². The van der Waals surface area contributed by atoms with Gasteiger partial charge >= 0.3 is 0 Å². The van der Waals surface area contributed by atoms with Crippen LogP contribution in [0.1, 0.15) is 56.6 Å². The van der Waals surface area contributed by atoms with Gasteiger partial charge in [-0.1, -0.05) is 68.9 Å². The fourth-order valence-electron chi connectivity index (χ4n) is 3.04. The number of nitrogens with one attached hydrogen (secondary N) is 1. The molecule has 1 saturated carbocycles. The maximum absolute atomic E-state index is 3.49. The molecule has 1 atom stereocenters. The molecule has 0 heterocycles. The summed E-state index contributed by atoms with van der Waals surface area (Å²) in [5.41, 5.74) is 1.44. The summed E-state index contributed by atoms with van der Waals surface area (Å²) in [5, 5.41) is 3.49. The van der Waals surface area contributed by atoms with Crippen LogP contribution in [-0.4, -0.2) is 7.05 Å². The van der Waals surface area contributed by atoms with Crippen LogP contribution in [0, 0.1) is 5.92 Å². The molecular formula is C16H25N. The molecule has 94 valence electrons. The second-order valence-electron chi connectivity index (χ2n) is 5.35.